The van der Waals surface area contributed by atoms with E-state index < -0.39 is 0 Å². The van der Waals surface area contributed by atoms with Crippen LogP contribution < -0.4 is 11.1 Å². The third-order valence-electron chi connectivity index (χ3n) is 4.28. The molecule has 1 aliphatic rings. The monoisotopic (exact) mass is 317 g/mol. The SMILES string of the molecule is NCCCCCCC(=O)N1CCNC(=O)CC1c1ccccc1. The summed E-state index contributed by atoms with van der Waals surface area (Å²) in [6.45, 7) is 1.82. The molecule has 23 heavy (non-hydrogen) atoms. The third-order valence-corrected chi connectivity index (χ3v) is 4.28. The number of hydrogen-bond acceptors (Lipinski definition) is 3. The van der Waals surface area contributed by atoms with E-state index in [2.05, 4.69) is 5.32 Å². The van der Waals surface area contributed by atoms with Crippen LogP contribution in [0.4, 0.5) is 0 Å². The molecule has 5 heteroatoms. The van der Waals surface area contributed by atoms with Crippen LogP contribution in [0, 0.1) is 0 Å². The predicted octanol–water partition coefficient (Wildman–Crippen LogP) is 1.99. The van der Waals surface area contributed by atoms with Gasteiger partial charge in [0.05, 0.1) is 12.5 Å². The first kappa shape index (κ1) is 17.5. The van der Waals surface area contributed by atoms with Crippen LogP contribution in [0.1, 0.15) is 50.1 Å². The van der Waals surface area contributed by atoms with Gasteiger partial charge in [-0.1, -0.05) is 43.2 Å². The number of nitrogens with two attached hydrogens (primary N) is 1. The Morgan fingerprint density at radius 3 is 2.65 bits per heavy atom. The Kier molecular flexibility index (Phi) is 7.07. The summed E-state index contributed by atoms with van der Waals surface area (Å²) in [6, 6.07) is 9.68. The Morgan fingerprint density at radius 2 is 1.91 bits per heavy atom. The minimum atomic E-state index is -0.157. The molecule has 2 amide bonds. The Balaban J connectivity index is 2.00. The number of nitrogens with zero attached hydrogens (tertiary/aromatic N) is 1. The van der Waals surface area contributed by atoms with Crippen molar-refractivity contribution in [2.45, 2.75) is 44.6 Å². The highest BCUT2D eigenvalue weighted by molar-refractivity contribution is 5.81. The summed E-state index contributed by atoms with van der Waals surface area (Å²) in [5.74, 6) is 0.153. The lowest BCUT2D eigenvalue weighted by molar-refractivity contribution is -0.133. The van der Waals surface area contributed by atoms with Crippen molar-refractivity contribution >= 4 is 11.8 Å². The molecule has 1 atom stereocenters. The molecule has 1 fully saturated rings. The van der Waals surface area contributed by atoms with Gasteiger partial charge in [-0.2, -0.15) is 0 Å². The van der Waals surface area contributed by atoms with E-state index in [4.69, 9.17) is 5.73 Å². The van der Waals surface area contributed by atoms with Crippen LogP contribution in [0.15, 0.2) is 30.3 Å². The minimum absolute atomic E-state index is 0.0112. The number of carbonyl (C=O) groups is 2. The molecule has 1 unspecified atom stereocenters. The zero-order valence-corrected chi connectivity index (χ0v) is 13.7. The number of hydrogen-bond donors (Lipinski definition) is 2. The molecule has 3 N–H and O–H groups in total. The van der Waals surface area contributed by atoms with Gasteiger partial charge in [0.15, 0.2) is 0 Å². The summed E-state index contributed by atoms with van der Waals surface area (Å²) in [7, 11) is 0. The highest BCUT2D eigenvalue weighted by Crippen LogP contribution is 2.26. The molecule has 0 bridgehead atoms. The summed E-state index contributed by atoms with van der Waals surface area (Å²) < 4.78 is 0. The molecule has 0 aliphatic carbocycles. The van der Waals surface area contributed by atoms with Crippen molar-refractivity contribution in [1.82, 2.24) is 10.2 Å². The topological polar surface area (TPSA) is 75.4 Å². The van der Waals surface area contributed by atoms with Gasteiger partial charge in [-0.15, -0.1) is 0 Å². The van der Waals surface area contributed by atoms with E-state index in [9.17, 15) is 9.59 Å². The first-order chi connectivity index (χ1) is 11.2. The van der Waals surface area contributed by atoms with Gasteiger partial charge in [-0.25, -0.2) is 0 Å². The van der Waals surface area contributed by atoms with Crippen molar-refractivity contribution in [3.8, 4) is 0 Å². The minimum Gasteiger partial charge on any atom is -0.354 e. The second kappa shape index (κ2) is 9.30. The normalized spacial score (nSPS) is 18.4. The molecule has 1 heterocycles. The van der Waals surface area contributed by atoms with E-state index in [0.29, 0.717) is 32.5 Å². The molecule has 1 saturated heterocycles. The molecule has 126 valence electrons. The number of carbonyl (C=O) groups excluding carboxylic acids is 2. The quantitative estimate of drug-likeness (QED) is 0.755. The van der Waals surface area contributed by atoms with Crippen molar-refractivity contribution in [2.24, 2.45) is 5.73 Å². The fourth-order valence-corrected chi connectivity index (χ4v) is 3.02. The average Bonchev–Trinajstić information content (AvgIpc) is 2.77. The highest BCUT2D eigenvalue weighted by Gasteiger charge is 2.29. The second-order valence-corrected chi connectivity index (χ2v) is 6.02. The fourth-order valence-electron chi connectivity index (χ4n) is 3.02. The maximum absolute atomic E-state index is 12.6. The molecular weight excluding hydrogens is 290 g/mol. The standard InChI is InChI=1S/C18H27N3O2/c19-11-7-2-1-6-10-18(23)21-13-12-20-17(22)14-16(21)15-8-4-3-5-9-15/h3-5,8-9,16H,1-2,6-7,10-14,19H2,(H,20,22). The van der Waals surface area contributed by atoms with Crippen LogP contribution in [-0.2, 0) is 9.59 Å². The van der Waals surface area contributed by atoms with Crippen LogP contribution in [-0.4, -0.2) is 36.3 Å². The van der Waals surface area contributed by atoms with Crippen LogP contribution in [0.25, 0.3) is 0 Å². The van der Waals surface area contributed by atoms with Crippen LogP contribution >= 0.6 is 0 Å². The molecule has 0 aromatic heterocycles. The van der Waals surface area contributed by atoms with Gasteiger partial charge < -0.3 is 16.0 Å². The van der Waals surface area contributed by atoms with Gasteiger partial charge in [-0.3, -0.25) is 9.59 Å². The highest BCUT2D eigenvalue weighted by atomic mass is 16.2. The Hall–Kier alpha value is -1.88. The predicted molar refractivity (Wildman–Crippen MR) is 90.7 cm³/mol. The lowest BCUT2D eigenvalue weighted by atomic mass is 10.0. The Bertz CT molecular complexity index is 504. The first-order valence-electron chi connectivity index (χ1n) is 8.53. The second-order valence-electron chi connectivity index (χ2n) is 6.02. The molecule has 0 radical (unpaired) electrons. The van der Waals surface area contributed by atoms with Crippen molar-refractivity contribution in [3.63, 3.8) is 0 Å². The third kappa shape index (κ3) is 5.36. The average molecular weight is 317 g/mol. The van der Waals surface area contributed by atoms with Crippen molar-refractivity contribution in [2.75, 3.05) is 19.6 Å². The lowest BCUT2D eigenvalue weighted by Gasteiger charge is -2.29. The number of unbranched alkanes of at least 4 members (excludes halogenated alkanes) is 3. The Morgan fingerprint density at radius 1 is 1.17 bits per heavy atom. The van der Waals surface area contributed by atoms with Crippen LogP contribution in [0.2, 0.25) is 0 Å². The van der Waals surface area contributed by atoms with Crippen LogP contribution in [0.5, 0.6) is 0 Å². The maximum atomic E-state index is 12.6. The zero-order valence-electron chi connectivity index (χ0n) is 13.7. The summed E-state index contributed by atoms with van der Waals surface area (Å²) in [6.07, 6.45) is 4.89. The van der Waals surface area contributed by atoms with Gasteiger partial charge in [0.2, 0.25) is 11.8 Å². The van der Waals surface area contributed by atoms with E-state index in [0.717, 1.165) is 31.2 Å². The maximum Gasteiger partial charge on any atom is 0.223 e. The molecule has 0 saturated carbocycles. The zero-order chi connectivity index (χ0) is 16.5. The van der Waals surface area contributed by atoms with E-state index in [-0.39, 0.29) is 17.9 Å². The van der Waals surface area contributed by atoms with E-state index in [1.54, 1.807) is 0 Å². The summed E-state index contributed by atoms with van der Waals surface area (Å²) >= 11 is 0. The number of benzene rings is 1. The molecule has 1 aliphatic heterocycles. The smallest absolute Gasteiger partial charge is 0.223 e. The summed E-state index contributed by atoms with van der Waals surface area (Å²) in [5, 5.41) is 2.87. The molecule has 1 aromatic rings. The molecule has 1 aromatic carbocycles. The summed E-state index contributed by atoms with van der Waals surface area (Å²) in [5.41, 5.74) is 6.52. The number of amides is 2. The molecule has 0 spiro atoms. The van der Waals surface area contributed by atoms with Gasteiger partial charge in [0.25, 0.3) is 0 Å². The lowest BCUT2D eigenvalue weighted by Crippen LogP contribution is -2.36. The van der Waals surface area contributed by atoms with Gasteiger partial charge in [-0.05, 0) is 24.9 Å². The van der Waals surface area contributed by atoms with E-state index >= 15 is 0 Å². The fraction of sp³-hybridized carbons (Fsp3) is 0.556. The van der Waals surface area contributed by atoms with Crippen molar-refractivity contribution < 1.29 is 9.59 Å². The summed E-state index contributed by atoms with van der Waals surface area (Å²) in [4.78, 5) is 26.4. The van der Waals surface area contributed by atoms with Gasteiger partial charge in [0.1, 0.15) is 0 Å². The van der Waals surface area contributed by atoms with Gasteiger partial charge in [0, 0.05) is 19.5 Å². The van der Waals surface area contributed by atoms with Crippen molar-refractivity contribution in [3.05, 3.63) is 35.9 Å². The largest absolute Gasteiger partial charge is 0.354 e. The van der Waals surface area contributed by atoms with Crippen molar-refractivity contribution in [1.29, 1.82) is 0 Å². The molecule has 5 nitrogen and oxygen atoms in total. The first-order valence-corrected chi connectivity index (χ1v) is 8.53. The van der Waals surface area contributed by atoms with E-state index in [1.165, 1.54) is 0 Å². The number of rotatable bonds is 7. The van der Waals surface area contributed by atoms with Gasteiger partial charge >= 0.3 is 0 Å². The van der Waals surface area contributed by atoms with Crippen LogP contribution in [0.3, 0.4) is 0 Å². The Labute approximate surface area is 138 Å². The van der Waals surface area contributed by atoms with E-state index in [1.807, 2.05) is 35.2 Å². The number of nitrogens with one attached hydrogen (secondary N) is 1. The molecular formula is C18H27N3O2. The molecule has 2 rings (SSSR count).